The Labute approximate surface area is 143 Å². The first kappa shape index (κ1) is 16.9. The Hall–Kier alpha value is -1.91. The second-order valence-electron chi connectivity index (χ2n) is 6.50. The van der Waals surface area contributed by atoms with E-state index >= 15 is 0 Å². The summed E-state index contributed by atoms with van der Waals surface area (Å²) >= 11 is 0. The molecular weight excluding hydrogens is 300 g/mol. The molecule has 2 unspecified atom stereocenters. The molecule has 1 heterocycles. The summed E-state index contributed by atoms with van der Waals surface area (Å²) in [6.45, 7) is 1.69. The van der Waals surface area contributed by atoms with Crippen LogP contribution in [0.2, 0.25) is 0 Å². The van der Waals surface area contributed by atoms with E-state index in [1.54, 1.807) is 12.4 Å². The third kappa shape index (κ3) is 4.79. The van der Waals surface area contributed by atoms with Gasteiger partial charge in [0.25, 0.3) is 0 Å². The van der Waals surface area contributed by atoms with Gasteiger partial charge in [-0.05, 0) is 54.2 Å². The first-order valence-electron chi connectivity index (χ1n) is 8.80. The number of ether oxygens (including phenoxy) is 1. The zero-order valence-electron chi connectivity index (χ0n) is 14.0. The maximum atomic E-state index is 9.49. The number of aliphatic hydroxyl groups excluding tert-OH is 1. The summed E-state index contributed by atoms with van der Waals surface area (Å²) in [7, 11) is 0. The molecular formula is C20H26N2O2. The van der Waals surface area contributed by atoms with Gasteiger partial charge in [0.1, 0.15) is 12.4 Å². The van der Waals surface area contributed by atoms with E-state index in [0.717, 1.165) is 24.3 Å². The van der Waals surface area contributed by atoms with Crippen molar-refractivity contribution in [1.82, 2.24) is 10.3 Å². The van der Waals surface area contributed by atoms with Gasteiger partial charge in [0, 0.05) is 31.6 Å². The standard InChI is InChI=1S/C20H26N2O2/c23-14-18-3-1-2-4-20(18)22-13-16-5-7-19(8-6-16)24-15-17-9-11-21-12-10-17/h5-12,18,20,22-23H,1-4,13-15H2. The number of aliphatic hydroxyl groups is 1. The van der Waals surface area contributed by atoms with Crippen LogP contribution in [0.1, 0.15) is 36.8 Å². The van der Waals surface area contributed by atoms with E-state index in [2.05, 4.69) is 22.4 Å². The minimum absolute atomic E-state index is 0.291. The molecule has 2 N–H and O–H groups in total. The van der Waals surface area contributed by atoms with Crippen LogP contribution < -0.4 is 10.1 Å². The maximum Gasteiger partial charge on any atom is 0.119 e. The van der Waals surface area contributed by atoms with Crippen molar-refractivity contribution in [3.8, 4) is 5.75 Å². The number of pyridine rings is 1. The summed E-state index contributed by atoms with van der Waals surface area (Å²) < 4.78 is 5.79. The normalized spacial score (nSPS) is 20.7. The fourth-order valence-corrected chi connectivity index (χ4v) is 3.29. The zero-order valence-corrected chi connectivity index (χ0v) is 14.0. The molecule has 3 rings (SSSR count). The van der Waals surface area contributed by atoms with Gasteiger partial charge in [-0.3, -0.25) is 4.98 Å². The van der Waals surface area contributed by atoms with Crippen molar-refractivity contribution in [3.05, 3.63) is 59.9 Å². The summed E-state index contributed by atoms with van der Waals surface area (Å²) in [6.07, 6.45) is 8.36. The molecule has 4 nitrogen and oxygen atoms in total. The highest BCUT2D eigenvalue weighted by Gasteiger charge is 2.23. The Morgan fingerprint density at radius 1 is 1.00 bits per heavy atom. The number of hydrogen-bond donors (Lipinski definition) is 2. The van der Waals surface area contributed by atoms with Crippen LogP contribution >= 0.6 is 0 Å². The molecule has 0 spiro atoms. The van der Waals surface area contributed by atoms with Gasteiger partial charge in [-0.15, -0.1) is 0 Å². The largest absolute Gasteiger partial charge is 0.489 e. The minimum atomic E-state index is 0.291. The second-order valence-corrected chi connectivity index (χ2v) is 6.50. The predicted molar refractivity (Wildman–Crippen MR) is 94.7 cm³/mol. The van der Waals surface area contributed by atoms with Crippen molar-refractivity contribution in [3.63, 3.8) is 0 Å². The van der Waals surface area contributed by atoms with E-state index in [-0.39, 0.29) is 0 Å². The number of hydrogen-bond acceptors (Lipinski definition) is 4. The first-order chi connectivity index (χ1) is 11.8. The van der Waals surface area contributed by atoms with Crippen LogP contribution in [0.5, 0.6) is 5.75 Å². The van der Waals surface area contributed by atoms with Crippen molar-refractivity contribution in [2.75, 3.05) is 6.61 Å². The van der Waals surface area contributed by atoms with E-state index in [0.29, 0.717) is 25.2 Å². The smallest absolute Gasteiger partial charge is 0.119 e. The average molecular weight is 326 g/mol. The zero-order chi connectivity index (χ0) is 16.6. The van der Waals surface area contributed by atoms with Gasteiger partial charge in [-0.1, -0.05) is 25.0 Å². The summed E-state index contributed by atoms with van der Waals surface area (Å²) in [5, 5.41) is 13.1. The molecule has 0 radical (unpaired) electrons. The third-order valence-corrected chi connectivity index (χ3v) is 4.79. The Morgan fingerprint density at radius 3 is 2.50 bits per heavy atom. The lowest BCUT2D eigenvalue weighted by molar-refractivity contribution is 0.152. The van der Waals surface area contributed by atoms with Crippen LogP contribution in [0, 0.1) is 5.92 Å². The molecule has 0 bridgehead atoms. The molecule has 1 fully saturated rings. The predicted octanol–water partition coefficient (Wildman–Crippen LogP) is 3.30. The molecule has 2 atom stereocenters. The van der Waals surface area contributed by atoms with E-state index in [4.69, 9.17) is 4.74 Å². The van der Waals surface area contributed by atoms with Gasteiger partial charge in [0.15, 0.2) is 0 Å². The first-order valence-corrected chi connectivity index (χ1v) is 8.80. The molecule has 1 aromatic carbocycles. The number of aromatic nitrogens is 1. The summed E-state index contributed by atoms with van der Waals surface area (Å²) in [4.78, 5) is 4.00. The molecule has 1 aliphatic carbocycles. The molecule has 1 aromatic heterocycles. The molecule has 2 aromatic rings. The van der Waals surface area contributed by atoms with Gasteiger partial charge in [-0.25, -0.2) is 0 Å². The monoisotopic (exact) mass is 326 g/mol. The lowest BCUT2D eigenvalue weighted by Crippen LogP contribution is -2.39. The van der Waals surface area contributed by atoms with Crippen LogP contribution in [0.3, 0.4) is 0 Å². The molecule has 1 aliphatic rings. The van der Waals surface area contributed by atoms with Gasteiger partial charge in [0.05, 0.1) is 0 Å². The Bertz CT molecular complexity index is 601. The summed E-state index contributed by atoms with van der Waals surface area (Å²) in [5.74, 6) is 1.28. The van der Waals surface area contributed by atoms with E-state index < -0.39 is 0 Å². The van der Waals surface area contributed by atoms with Crippen molar-refractivity contribution < 1.29 is 9.84 Å². The quantitative estimate of drug-likeness (QED) is 0.820. The minimum Gasteiger partial charge on any atom is -0.489 e. The Morgan fingerprint density at radius 2 is 1.75 bits per heavy atom. The van der Waals surface area contributed by atoms with E-state index in [9.17, 15) is 5.11 Å². The maximum absolute atomic E-state index is 9.49. The topological polar surface area (TPSA) is 54.4 Å². The van der Waals surface area contributed by atoms with Gasteiger partial charge in [0.2, 0.25) is 0 Å². The van der Waals surface area contributed by atoms with Gasteiger partial charge in [-0.2, -0.15) is 0 Å². The molecule has 24 heavy (non-hydrogen) atoms. The fourth-order valence-electron chi connectivity index (χ4n) is 3.29. The van der Waals surface area contributed by atoms with Gasteiger partial charge < -0.3 is 15.2 Å². The van der Waals surface area contributed by atoms with Crippen LogP contribution in [0.15, 0.2) is 48.8 Å². The molecule has 1 saturated carbocycles. The molecule has 0 aliphatic heterocycles. The number of nitrogens with one attached hydrogen (secondary N) is 1. The van der Waals surface area contributed by atoms with Crippen molar-refractivity contribution >= 4 is 0 Å². The third-order valence-electron chi connectivity index (χ3n) is 4.79. The highest BCUT2D eigenvalue weighted by molar-refractivity contribution is 5.27. The fraction of sp³-hybridized carbons (Fsp3) is 0.450. The van der Waals surface area contributed by atoms with Crippen molar-refractivity contribution in [2.45, 2.75) is 44.9 Å². The van der Waals surface area contributed by atoms with Crippen LogP contribution in [-0.4, -0.2) is 22.7 Å². The lowest BCUT2D eigenvalue weighted by Gasteiger charge is -2.31. The molecule has 128 valence electrons. The molecule has 4 heteroatoms. The van der Waals surface area contributed by atoms with Crippen molar-refractivity contribution in [1.29, 1.82) is 0 Å². The number of benzene rings is 1. The Kier molecular flexibility index (Phi) is 6.21. The van der Waals surface area contributed by atoms with Gasteiger partial charge >= 0.3 is 0 Å². The highest BCUT2D eigenvalue weighted by atomic mass is 16.5. The Balaban J connectivity index is 1.47. The van der Waals surface area contributed by atoms with Crippen LogP contribution in [0.4, 0.5) is 0 Å². The van der Waals surface area contributed by atoms with Crippen molar-refractivity contribution in [2.24, 2.45) is 5.92 Å². The van der Waals surface area contributed by atoms with Crippen LogP contribution in [-0.2, 0) is 13.2 Å². The second kappa shape index (κ2) is 8.81. The lowest BCUT2D eigenvalue weighted by atomic mass is 9.85. The van der Waals surface area contributed by atoms with Crippen LogP contribution in [0.25, 0.3) is 0 Å². The highest BCUT2D eigenvalue weighted by Crippen LogP contribution is 2.24. The van der Waals surface area contributed by atoms with E-state index in [1.807, 2.05) is 24.3 Å². The number of rotatable bonds is 7. The SMILES string of the molecule is OCC1CCCCC1NCc1ccc(OCc2ccncc2)cc1. The molecule has 0 amide bonds. The number of nitrogens with zero attached hydrogens (tertiary/aromatic N) is 1. The average Bonchev–Trinajstić information content (AvgIpc) is 2.66. The molecule has 0 saturated heterocycles. The van der Waals surface area contributed by atoms with E-state index in [1.165, 1.54) is 24.8 Å². The summed E-state index contributed by atoms with van der Waals surface area (Å²) in [6, 6.07) is 12.6. The summed E-state index contributed by atoms with van der Waals surface area (Å²) in [5.41, 5.74) is 2.36.